The number of morpholine rings is 1. The Hall–Kier alpha value is -2.53. The summed E-state index contributed by atoms with van der Waals surface area (Å²) >= 11 is 1.35. The number of amides is 1. The quantitative estimate of drug-likeness (QED) is 0.698. The van der Waals surface area contributed by atoms with E-state index in [1.807, 2.05) is 14.1 Å². The maximum absolute atomic E-state index is 12.3. The van der Waals surface area contributed by atoms with E-state index in [1.165, 1.54) is 11.3 Å². The Bertz CT molecular complexity index is 992. The maximum atomic E-state index is 12.3. The van der Waals surface area contributed by atoms with Crippen LogP contribution in [0.15, 0.2) is 6.20 Å². The van der Waals surface area contributed by atoms with Crippen molar-refractivity contribution in [2.24, 2.45) is 5.92 Å². The van der Waals surface area contributed by atoms with Crippen molar-refractivity contribution in [2.75, 3.05) is 37.9 Å². The van der Waals surface area contributed by atoms with Crippen molar-refractivity contribution in [3.05, 3.63) is 6.20 Å². The molecule has 178 valence electrons. The van der Waals surface area contributed by atoms with E-state index in [0.29, 0.717) is 29.5 Å². The molecule has 3 fully saturated rings. The lowest BCUT2D eigenvalue weighted by Gasteiger charge is -2.37. The molecule has 3 aliphatic rings. The summed E-state index contributed by atoms with van der Waals surface area (Å²) in [7, 11) is 3.62. The van der Waals surface area contributed by atoms with E-state index in [0.717, 1.165) is 56.4 Å². The number of nitrogens with zero attached hydrogens (tertiary/aromatic N) is 6. The van der Waals surface area contributed by atoms with Gasteiger partial charge in [0.1, 0.15) is 6.10 Å². The molecule has 2 atom stereocenters. The number of nitrogens with two attached hydrogens (primary N) is 1. The average molecular weight is 474 g/mol. The van der Waals surface area contributed by atoms with Crippen LogP contribution >= 0.6 is 11.3 Å². The molecular formula is C22H31N7O3S. The minimum Gasteiger partial charge on any atom is -0.460 e. The lowest BCUT2D eigenvalue weighted by molar-refractivity contribution is -0.134. The second-order valence-electron chi connectivity index (χ2n) is 9.23. The third kappa shape index (κ3) is 4.74. The van der Waals surface area contributed by atoms with Gasteiger partial charge < -0.3 is 25.0 Å². The lowest BCUT2D eigenvalue weighted by atomic mass is 9.86. The van der Waals surface area contributed by atoms with E-state index in [2.05, 4.69) is 14.9 Å². The fraction of sp³-hybridized carbons (Fsp3) is 0.682. The molecule has 0 bridgehead atoms. The summed E-state index contributed by atoms with van der Waals surface area (Å²) in [6.07, 6.45) is 8.42. The standard InChI is InChI=1S/C22H31N7O3S/c1-28(2)19(30)13-6-8-14(9-7-13)32-22-26-18(17-12-24-20(23)33-17)25-21(27-22)29-10-11-31-16-5-3-4-15(16)29/h12-16H,3-11H2,1-2H3,(H2,23,24)/t13?,14?,15-,16-/m0/s1. The maximum Gasteiger partial charge on any atom is 0.322 e. The SMILES string of the molecule is CN(C)C(=O)C1CCC(Oc2nc(-c3cnc(N)s3)nc(N3CCO[C@H]4CCC[C@@H]43)n2)CC1. The van der Waals surface area contributed by atoms with E-state index in [-0.39, 0.29) is 30.1 Å². The number of rotatable bonds is 5. The first kappa shape index (κ1) is 22.3. The second kappa shape index (κ2) is 9.38. The summed E-state index contributed by atoms with van der Waals surface area (Å²) < 4.78 is 12.2. The normalized spacial score (nSPS) is 27.3. The van der Waals surface area contributed by atoms with Gasteiger partial charge in [0.05, 0.1) is 29.8 Å². The Morgan fingerprint density at radius 3 is 2.73 bits per heavy atom. The van der Waals surface area contributed by atoms with Crippen LogP contribution in [-0.4, -0.2) is 76.2 Å². The smallest absolute Gasteiger partial charge is 0.322 e. The number of ether oxygens (including phenoxy) is 2. The van der Waals surface area contributed by atoms with Gasteiger partial charge in [0.25, 0.3) is 0 Å². The summed E-state index contributed by atoms with van der Waals surface area (Å²) in [4.78, 5) is 35.3. The van der Waals surface area contributed by atoms with Gasteiger partial charge in [-0.15, -0.1) is 0 Å². The Balaban J connectivity index is 1.38. The Labute approximate surface area is 197 Å². The summed E-state index contributed by atoms with van der Waals surface area (Å²) in [6, 6.07) is 0.603. The molecule has 3 heterocycles. The van der Waals surface area contributed by atoms with Crippen LogP contribution in [0.3, 0.4) is 0 Å². The first-order chi connectivity index (χ1) is 16.0. The van der Waals surface area contributed by atoms with Crippen LogP contribution in [0.4, 0.5) is 11.1 Å². The van der Waals surface area contributed by atoms with E-state index < -0.39 is 0 Å². The Kier molecular flexibility index (Phi) is 6.33. The van der Waals surface area contributed by atoms with Crippen molar-refractivity contribution in [3.63, 3.8) is 0 Å². The molecule has 0 radical (unpaired) electrons. The number of nitrogen functional groups attached to an aromatic ring is 1. The second-order valence-corrected chi connectivity index (χ2v) is 10.3. The van der Waals surface area contributed by atoms with Gasteiger partial charge in [-0.05, 0) is 44.9 Å². The van der Waals surface area contributed by atoms with E-state index >= 15 is 0 Å². The van der Waals surface area contributed by atoms with Gasteiger partial charge in [0, 0.05) is 26.6 Å². The molecule has 2 saturated carbocycles. The number of hydrogen-bond donors (Lipinski definition) is 1. The first-order valence-electron chi connectivity index (χ1n) is 11.7. The number of aromatic nitrogens is 4. The van der Waals surface area contributed by atoms with Crippen molar-refractivity contribution in [3.8, 4) is 16.7 Å². The predicted octanol–water partition coefficient (Wildman–Crippen LogP) is 2.36. The van der Waals surface area contributed by atoms with Crippen molar-refractivity contribution in [2.45, 2.75) is 63.2 Å². The molecule has 0 unspecified atom stereocenters. The van der Waals surface area contributed by atoms with Gasteiger partial charge in [-0.1, -0.05) is 11.3 Å². The minimum atomic E-state index is -0.0187. The van der Waals surface area contributed by atoms with Crippen molar-refractivity contribution in [1.82, 2.24) is 24.8 Å². The Morgan fingerprint density at radius 1 is 1.18 bits per heavy atom. The molecule has 10 nitrogen and oxygen atoms in total. The molecule has 0 spiro atoms. The van der Waals surface area contributed by atoms with Crippen LogP contribution in [0.1, 0.15) is 44.9 Å². The molecule has 1 aliphatic heterocycles. The molecule has 2 aromatic heterocycles. The summed E-state index contributed by atoms with van der Waals surface area (Å²) in [5.41, 5.74) is 5.86. The number of thiazole rings is 1. The molecule has 5 rings (SSSR count). The molecule has 1 saturated heterocycles. The monoisotopic (exact) mass is 473 g/mol. The van der Waals surface area contributed by atoms with Crippen LogP contribution < -0.4 is 15.4 Å². The predicted molar refractivity (Wildman–Crippen MR) is 125 cm³/mol. The van der Waals surface area contributed by atoms with Crippen LogP contribution in [-0.2, 0) is 9.53 Å². The third-order valence-electron chi connectivity index (χ3n) is 6.82. The fourth-order valence-corrected chi connectivity index (χ4v) is 5.76. The lowest BCUT2D eigenvalue weighted by Crippen LogP contribution is -2.49. The minimum absolute atomic E-state index is 0.0187. The van der Waals surface area contributed by atoms with Gasteiger partial charge in [-0.3, -0.25) is 4.79 Å². The number of anilines is 2. The number of carbonyl (C=O) groups excluding carboxylic acids is 1. The van der Waals surface area contributed by atoms with Gasteiger partial charge in [0.2, 0.25) is 11.9 Å². The average Bonchev–Trinajstić information content (AvgIpc) is 3.47. The van der Waals surface area contributed by atoms with Crippen LogP contribution in [0.5, 0.6) is 6.01 Å². The first-order valence-corrected chi connectivity index (χ1v) is 12.5. The molecule has 33 heavy (non-hydrogen) atoms. The molecule has 2 aromatic rings. The van der Waals surface area contributed by atoms with Gasteiger partial charge in [-0.25, -0.2) is 4.98 Å². The molecular weight excluding hydrogens is 442 g/mol. The molecule has 2 aliphatic carbocycles. The van der Waals surface area contributed by atoms with Gasteiger partial charge in [-0.2, -0.15) is 15.0 Å². The number of carbonyl (C=O) groups is 1. The van der Waals surface area contributed by atoms with Crippen molar-refractivity contribution >= 4 is 28.3 Å². The van der Waals surface area contributed by atoms with Crippen molar-refractivity contribution < 1.29 is 14.3 Å². The highest BCUT2D eigenvalue weighted by atomic mass is 32.1. The number of fused-ring (bicyclic) bond motifs is 1. The highest BCUT2D eigenvalue weighted by Gasteiger charge is 2.38. The largest absolute Gasteiger partial charge is 0.460 e. The van der Waals surface area contributed by atoms with Crippen LogP contribution in [0, 0.1) is 5.92 Å². The molecule has 1 amide bonds. The summed E-state index contributed by atoms with van der Waals surface area (Å²) in [5, 5.41) is 0.473. The van der Waals surface area contributed by atoms with E-state index in [1.54, 1.807) is 11.1 Å². The molecule has 0 aromatic carbocycles. The molecule has 2 N–H and O–H groups in total. The van der Waals surface area contributed by atoms with Crippen LogP contribution in [0.25, 0.3) is 10.7 Å². The van der Waals surface area contributed by atoms with Gasteiger partial charge in [0.15, 0.2) is 11.0 Å². The van der Waals surface area contributed by atoms with Gasteiger partial charge >= 0.3 is 6.01 Å². The zero-order valence-corrected chi connectivity index (χ0v) is 20.0. The molecule has 11 heteroatoms. The number of hydrogen-bond acceptors (Lipinski definition) is 10. The summed E-state index contributed by atoms with van der Waals surface area (Å²) in [5.74, 6) is 1.41. The topological polar surface area (TPSA) is 120 Å². The Morgan fingerprint density at radius 2 is 2.00 bits per heavy atom. The van der Waals surface area contributed by atoms with E-state index in [9.17, 15) is 4.79 Å². The highest BCUT2D eigenvalue weighted by Crippen LogP contribution is 2.34. The zero-order chi connectivity index (χ0) is 22.9. The van der Waals surface area contributed by atoms with Crippen LogP contribution in [0.2, 0.25) is 0 Å². The fourth-order valence-electron chi connectivity index (χ4n) is 5.14. The third-order valence-corrected chi connectivity index (χ3v) is 7.64. The van der Waals surface area contributed by atoms with E-state index in [4.69, 9.17) is 25.2 Å². The zero-order valence-electron chi connectivity index (χ0n) is 19.1. The highest BCUT2D eigenvalue weighted by molar-refractivity contribution is 7.18. The van der Waals surface area contributed by atoms with Crippen molar-refractivity contribution in [1.29, 1.82) is 0 Å². The summed E-state index contributed by atoms with van der Waals surface area (Å²) in [6.45, 7) is 1.41.